The van der Waals surface area contributed by atoms with Gasteiger partial charge in [-0.05, 0) is 53.4 Å². The van der Waals surface area contributed by atoms with E-state index in [0.29, 0.717) is 0 Å². The van der Waals surface area contributed by atoms with Crippen LogP contribution >= 0.6 is 0 Å². The molecule has 0 amide bonds. The predicted octanol–water partition coefficient (Wildman–Crippen LogP) is 2.00. The molecule has 1 aliphatic heterocycles. The van der Waals surface area contributed by atoms with Gasteiger partial charge in [-0.3, -0.25) is 0 Å². The fraction of sp³-hybridized carbons (Fsp3) is 0.800. The van der Waals surface area contributed by atoms with Crippen LogP contribution in [-0.2, 0) is 6.54 Å². The second kappa shape index (κ2) is 7.06. The van der Waals surface area contributed by atoms with Crippen molar-refractivity contribution < 1.29 is 0 Å². The molecule has 0 aromatic carbocycles. The smallest absolute Gasteiger partial charge is 0.105 e. The van der Waals surface area contributed by atoms with E-state index in [1.807, 2.05) is 6.20 Å². The highest BCUT2D eigenvalue weighted by atomic mass is 15.2. The van der Waals surface area contributed by atoms with Crippen LogP contribution in [0.15, 0.2) is 12.4 Å². The Hall–Kier alpha value is -0.870. The van der Waals surface area contributed by atoms with E-state index >= 15 is 0 Å². The monoisotopic (exact) mass is 264 g/mol. The molecular weight excluding hydrogens is 236 g/mol. The van der Waals surface area contributed by atoms with Gasteiger partial charge in [0.25, 0.3) is 0 Å². The Morgan fingerprint density at radius 3 is 2.95 bits per heavy atom. The number of nitrogens with zero attached hydrogens (tertiary/aromatic N) is 4. The Bertz CT molecular complexity index is 374. The summed E-state index contributed by atoms with van der Waals surface area (Å²) in [4.78, 5) is 9.27. The zero-order valence-electron chi connectivity index (χ0n) is 12.7. The summed E-state index contributed by atoms with van der Waals surface area (Å²) in [6.45, 7) is 6.80. The Morgan fingerprint density at radius 1 is 1.42 bits per heavy atom. The third kappa shape index (κ3) is 4.32. The zero-order chi connectivity index (χ0) is 13.7. The van der Waals surface area contributed by atoms with Crippen LogP contribution < -0.4 is 0 Å². The summed E-state index contributed by atoms with van der Waals surface area (Å²) in [5.41, 5.74) is 0. The van der Waals surface area contributed by atoms with Crippen molar-refractivity contribution in [1.29, 1.82) is 0 Å². The van der Waals surface area contributed by atoms with E-state index in [1.54, 1.807) is 0 Å². The molecule has 1 atom stereocenters. The summed E-state index contributed by atoms with van der Waals surface area (Å²) < 4.78 is 2.24. The van der Waals surface area contributed by atoms with Crippen LogP contribution in [0.4, 0.5) is 0 Å². The highest BCUT2D eigenvalue weighted by Crippen LogP contribution is 2.15. The second-order valence-corrected chi connectivity index (χ2v) is 5.91. The molecule has 0 spiro atoms. The van der Waals surface area contributed by atoms with Gasteiger partial charge in [-0.2, -0.15) is 0 Å². The molecule has 19 heavy (non-hydrogen) atoms. The second-order valence-electron chi connectivity index (χ2n) is 5.91. The number of imidazole rings is 1. The first-order chi connectivity index (χ1) is 9.16. The molecule has 0 aliphatic carbocycles. The molecule has 1 saturated heterocycles. The molecule has 1 aromatic heterocycles. The van der Waals surface area contributed by atoms with Crippen molar-refractivity contribution in [2.45, 2.75) is 45.2 Å². The van der Waals surface area contributed by atoms with E-state index in [2.05, 4.69) is 46.6 Å². The Kier molecular flexibility index (Phi) is 5.40. The van der Waals surface area contributed by atoms with Gasteiger partial charge in [0.15, 0.2) is 0 Å². The average molecular weight is 264 g/mol. The van der Waals surface area contributed by atoms with E-state index in [1.165, 1.54) is 45.3 Å². The van der Waals surface area contributed by atoms with Crippen LogP contribution in [0, 0.1) is 6.92 Å². The zero-order valence-corrected chi connectivity index (χ0v) is 12.7. The SMILES string of the molecule is Cc1nccn1CCCN(C)CC1CCCCN1C. The molecule has 1 aromatic rings. The number of aromatic nitrogens is 2. The Labute approximate surface area is 117 Å². The molecule has 0 radical (unpaired) electrons. The standard InChI is InChI=1S/C15H28N4/c1-14-16-8-12-19(14)11-6-9-17(2)13-15-7-4-5-10-18(15)3/h8,12,15H,4-7,9-11,13H2,1-3H3. The summed E-state index contributed by atoms with van der Waals surface area (Å²) in [6.07, 6.45) is 9.29. The molecule has 0 N–H and O–H groups in total. The van der Waals surface area contributed by atoms with Crippen LogP contribution in [0.3, 0.4) is 0 Å². The van der Waals surface area contributed by atoms with E-state index in [4.69, 9.17) is 0 Å². The molecular formula is C15H28N4. The maximum Gasteiger partial charge on any atom is 0.105 e. The molecule has 0 saturated carbocycles. The van der Waals surface area contributed by atoms with Crippen LogP contribution in [0.2, 0.25) is 0 Å². The van der Waals surface area contributed by atoms with Gasteiger partial charge in [0.1, 0.15) is 5.82 Å². The Balaban J connectivity index is 1.67. The minimum atomic E-state index is 0.758. The fourth-order valence-corrected chi connectivity index (χ4v) is 2.98. The van der Waals surface area contributed by atoms with E-state index in [-0.39, 0.29) is 0 Å². The van der Waals surface area contributed by atoms with Crippen LogP contribution in [0.1, 0.15) is 31.5 Å². The molecule has 4 nitrogen and oxygen atoms in total. The lowest BCUT2D eigenvalue weighted by Crippen LogP contribution is -2.43. The van der Waals surface area contributed by atoms with Gasteiger partial charge >= 0.3 is 0 Å². The first kappa shape index (κ1) is 14.5. The van der Waals surface area contributed by atoms with Crippen LogP contribution in [-0.4, -0.2) is 59.1 Å². The lowest BCUT2D eigenvalue weighted by molar-refractivity contribution is 0.140. The van der Waals surface area contributed by atoms with Crippen LogP contribution in [0.25, 0.3) is 0 Å². The van der Waals surface area contributed by atoms with Crippen molar-refractivity contribution in [1.82, 2.24) is 19.4 Å². The van der Waals surface area contributed by atoms with Gasteiger partial charge in [-0.25, -0.2) is 4.98 Å². The minimum absolute atomic E-state index is 0.758. The number of rotatable bonds is 6. The third-order valence-corrected chi connectivity index (χ3v) is 4.31. The van der Waals surface area contributed by atoms with E-state index in [0.717, 1.165) is 18.4 Å². The summed E-state index contributed by atoms with van der Waals surface area (Å²) in [5, 5.41) is 0. The number of aryl methyl sites for hydroxylation is 2. The largest absolute Gasteiger partial charge is 0.335 e. The number of hydrogen-bond acceptors (Lipinski definition) is 3. The lowest BCUT2D eigenvalue weighted by Gasteiger charge is -2.35. The topological polar surface area (TPSA) is 24.3 Å². The summed E-state index contributed by atoms with van der Waals surface area (Å²) in [7, 11) is 4.52. The number of hydrogen-bond donors (Lipinski definition) is 0. The van der Waals surface area contributed by atoms with Gasteiger partial charge < -0.3 is 14.4 Å². The van der Waals surface area contributed by atoms with Gasteiger partial charge in [0, 0.05) is 31.5 Å². The quantitative estimate of drug-likeness (QED) is 0.785. The van der Waals surface area contributed by atoms with E-state index in [9.17, 15) is 0 Å². The minimum Gasteiger partial charge on any atom is -0.335 e. The molecule has 108 valence electrons. The third-order valence-electron chi connectivity index (χ3n) is 4.31. The van der Waals surface area contributed by atoms with Crippen molar-refractivity contribution in [3.63, 3.8) is 0 Å². The summed E-state index contributed by atoms with van der Waals surface area (Å²) in [5.74, 6) is 1.12. The van der Waals surface area contributed by atoms with Crippen molar-refractivity contribution >= 4 is 0 Å². The maximum absolute atomic E-state index is 4.26. The lowest BCUT2D eigenvalue weighted by atomic mass is 10.0. The number of likely N-dealkylation sites (N-methyl/N-ethyl adjacent to an activating group) is 2. The van der Waals surface area contributed by atoms with Crippen LogP contribution in [0.5, 0.6) is 0 Å². The van der Waals surface area contributed by atoms with Crippen molar-refractivity contribution in [3.05, 3.63) is 18.2 Å². The molecule has 1 unspecified atom stereocenters. The van der Waals surface area contributed by atoms with Gasteiger partial charge in [-0.15, -0.1) is 0 Å². The van der Waals surface area contributed by atoms with Gasteiger partial charge in [0.2, 0.25) is 0 Å². The van der Waals surface area contributed by atoms with Crippen molar-refractivity contribution in [2.75, 3.05) is 33.7 Å². The van der Waals surface area contributed by atoms with Crippen molar-refractivity contribution in [3.8, 4) is 0 Å². The summed E-state index contributed by atoms with van der Waals surface area (Å²) in [6, 6.07) is 0.758. The Morgan fingerprint density at radius 2 is 2.26 bits per heavy atom. The molecule has 1 aliphatic rings. The highest BCUT2D eigenvalue weighted by molar-refractivity contribution is 4.88. The fourth-order valence-electron chi connectivity index (χ4n) is 2.98. The normalized spacial score (nSPS) is 21.2. The molecule has 1 fully saturated rings. The molecule has 4 heteroatoms. The molecule has 2 heterocycles. The average Bonchev–Trinajstić information content (AvgIpc) is 2.78. The predicted molar refractivity (Wildman–Crippen MR) is 79.3 cm³/mol. The van der Waals surface area contributed by atoms with Gasteiger partial charge in [0.05, 0.1) is 0 Å². The highest BCUT2D eigenvalue weighted by Gasteiger charge is 2.19. The van der Waals surface area contributed by atoms with E-state index < -0.39 is 0 Å². The van der Waals surface area contributed by atoms with Crippen molar-refractivity contribution in [2.24, 2.45) is 0 Å². The first-order valence-corrected chi connectivity index (χ1v) is 7.53. The summed E-state index contributed by atoms with van der Waals surface area (Å²) >= 11 is 0. The maximum atomic E-state index is 4.26. The number of likely N-dealkylation sites (tertiary alicyclic amines) is 1. The first-order valence-electron chi connectivity index (χ1n) is 7.53. The molecule has 0 bridgehead atoms. The number of piperidine rings is 1. The van der Waals surface area contributed by atoms with Gasteiger partial charge in [-0.1, -0.05) is 6.42 Å². The molecule has 2 rings (SSSR count).